The molecular weight excluding hydrogens is 326 g/mol. The van der Waals surface area contributed by atoms with Crippen LogP contribution in [0.1, 0.15) is 36.5 Å². The standard InChI is InChI=1S/C17H25N3O3S/c1-13-4-8-20(9-5-13)16-11-14(3-7-18-16)17(21)19(2)15-6-10-24(22,23)12-15/h3,7,11,13,15H,4-6,8-10,12H2,1-2H3. The van der Waals surface area contributed by atoms with E-state index in [1.807, 2.05) is 6.07 Å². The van der Waals surface area contributed by atoms with Gasteiger partial charge in [0.1, 0.15) is 5.82 Å². The number of hydrogen-bond acceptors (Lipinski definition) is 5. The zero-order valence-electron chi connectivity index (χ0n) is 14.3. The van der Waals surface area contributed by atoms with Gasteiger partial charge in [0.05, 0.1) is 11.5 Å². The number of amides is 1. The van der Waals surface area contributed by atoms with Crippen molar-refractivity contribution in [3.63, 3.8) is 0 Å². The molecule has 0 radical (unpaired) electrons. The number of pyridine rings is 1. The molecule has 0 saturated carbocycles. The van der Waals surface area contributed by atoms with Crippen LogP contribution >= 0.6 is 0 Å². The van der Waals surface area contributed by atoms with Crippen molar-refractivity contribution in [2.45, 2.75) is 32.2 Å². The lowest BCUT2D eigenvalue weighted by Gasteiger charge is -2.31. The number of carbonyl (C=O) groups is 1. The molecule has 0 aromatic carbocycles. The van der Waals surface area contributed by atoms with Crippen LogP contribution in [0.3, 0.4) is 0 Å². The Morgan fingerprint density at radius 3 is 2.62 bits per heavy atom. The summed E-state index contributed by atoms with van der Waals surface area (Å²) in [6.07, 6.45) is 4.46. The van der Waals surface area contributed by atoms with Gasteiger partial charge in [0.2, 0.25) is 0 Å². The fourth-order valence-electron chi connectivity index (χ4n) is 3.41. The first-order valence-electron chi connectivity index (χ1n) is 8.54. The van der Waals surface area contributed by atoms with Gasteiger partial charge in [-0.25, -0.2) is 13.4 Å². The zero-order valence-corrected chi connectivity index (χ0v) is 15.1. The third-order valence-corrected chi connectivity index (χ3v) is 6.93. The van der Waals surface area contributed by atoms with Gasteiger partial charge in [-0.2, -0.15) is 0 Å². The summed E-state index contributed by atoms with van der Waals surface area (Å²) in [6, 6.07) is 3.31. The molecule has 7 heteroatoms. The maximum Gasteiger partial charge on any atom is 0.254 e. The van der Waals surface area contributed by atoms with Gasteiger partial charge in [-0.3, -0.25) is 4.79 Å². The highest BCUT2D eigenvalue weighted by atomic mass is 32.2. The van der Waals surface area contributed by atoms with E-state index < -0.39 is 9.84 Å². The second-order valence-corrected chi connectivity index (χ2v) is 9.27. The SMILES string of the molecule is CC1CCN(c2cc(C(=O)N(C)C3CCS(=O)(=O)C3)ccn2)CC1. The Hall–Kier alpha value is -1.63. The summed E-state index contributed by atoms with van der Waals surface area (Å²) in [5.74, 6) is 1.67. The number of aromatic nitrogens is 1. The van der Waals surface area contributed by atoms with Crippen molar-refractivity contribution >= 4 is 21.6 Å². The van der Waals surface area contributed by atoms with Crippen LogP contribution in [-0.2, 0) is 9.84 Å². The largest absolute Gasteiger partial charge is 0.357 e. The molecule has 0 bridgehead atoms. The predicted octanol–water partition coefficient (Wildman–Crippen LogP) is 1.58. The Labute approximate surface area is 143 Å². The number of piperidine rings is 1. The summed E-state index contributed by atoms with van der Waals surface area (Å²) in [6.45, 7) is 4.18. The van der Waals surface area contributed by atoms with E-state index in [4.69, 9.17) is 0 Å². The van der Waals surface area contributed by atoms with Gasteiger partial charge in [0.15, 0.2) is 9.84 Å². The lowest BCUT2D eigenvalue weighted by molar-refractivity contribution is 0.0747. The van der Waals surface area contributed by atoms with Crippen molar-refractivity contribution in [1.29, 1.82) is 0 Å². The summed E-state index contributed by atoms with van der Waals surface area (Å²) in [5, 5.41) is 0. The second-order valence-electron chi connectivity index (χ2n) is 7.05. The molecule has 2 fully saturated rings. The van der Waals surface area contributed by atoms with Crippen molar-refractivity contribution in [2.24, 2.45) is 5.92 Å². The average Bonchev–Trinajstić information content (AvgIpc) is 2.94. The topological polar surface area (TPSA) is 70.6 Å². The summed E-state index contributed by atoms with van der Waals surface area (Å²) in [4.78, 5) is 20.9. The fraction of sp³-hybridized carbons (Fsp3) is 0.647. The number of nitrogens with zero attached hydrogens (tertiary/aromatic N) is 3. The summed E-state index contributed by atoms with van der Waals surface area (Å²) >= 11 is 0. The molecule has 6 nitrogen and oxygen atoms in total. The Morgan fingerprint density at radius 2 is 2.00 bits per heavy atom. The van der Waals surface area contributed by atoms with Crippen molar-refractivity contribution in [2.75, 3.05) is 36.5 Å². The van der Waals surface area contributed by atoms with Gasteiger partial charge in [-0.15, -0.1) is 0 Å². The van der Waals surface area contributed by atoms with E-state index in [-0.39, 0.29) is 23.5 Å². The van der Waals surface area contributed by atoms with E-state index in [2.05, 4.69) is 16.8 Å². The molecule has 2 aliphatic rings. The van der Waals surface area contributed by atoms with Crippen LogP contribution in [0, 0.1) is 5.92 Å². The highest BCUT2D eigenvalue weighted by Gasteiger charge is 2.33. The molecule has 2 saturated heterocycles. The third-order valence-electron chi connectivity index (χ3n) is 5.18. The lowest BCUT2D eigenvalue weighted by Crippen LogP contribution is -2.38. The molecule has 132 valence electrons. The fourth-order valence-corrected chi connectivity index (χ4v) is 5.19. The Kier molecular flexibility index (Phi) is 4.80. The first-order chi connectivity index (χ1) is 11.4. The monoisotopic (exact) mass is 351 g/mol. The Bertz CT molecular complexity index is 712. The number of rotatable bonds is 3. The maximum atomic E-state index is 12.7. The van der Waals surface area contributed by atoms with Crippen LogP contribution in [0.2, 0.25) is 0 Å². The highest BCUT2D eigenvalue weighted by Crippen LogP contribution is 2.23. The average molecular weight is 351 g/mol. The summed E-state index contributed by atoms with van der Waals surface area (Å²) < 4.78 is 23.3. The van der Waals surface area contributed by atoms with Crippen LogP contribution in [0.25, 0.3) is 0 Å². The molecular formula is C17H25N3O3S. The van der Waals surface area contributed by atoms with Gasteiger partial charge in [-0.1, -0.05) is 6.92 Å². The van der Waals surface area contributed by atoms with E-state index >= 15 is 0 Å². The molecule has 3 heterocycles. The van der Waals surface area contributed by atoms with Crippen LogP contribution in [-0.4, -0.2) is 61.9 Å². The molecule has 1 unspecified atom stereocenters. The molecule has 1 aromatic heterocycles. The second kappa shape index (κ2) is 6.70. The van der Waals surface area contributed by atoms with Gasteiger partial charge in [0, 0.05) is 37.9 Å². The lowest BCUT2D eigenvalue weighted by atomic mass is 9.99. The number of carbonyl (C=O) groups excluding carboxylic acids is 1. The minimum atomic E-state index is -3.00. The van der Waals surface area contributed by atoms with Gasteiger partial charge in [0.25, 0.3) is 5.91 Å². The van der Waals surface area contributed by atoms with Crippen LogP contribution < -0.4 is 4.90 Å². The van der Waals surface area contributed by atoms with E-state index in [1.165, 1.54) is 0 Å². The summed E-state index contributed by atoms with van der Waals surface area (Å²) in [5.41, 5.74) is 0.574. The quantitative estimate of drug-likeness (QED) is 0.827. The zero-order chi connectivity index (χ0) is 17.3. The number of anilines is 1. The Morgan fingerprint density at radius 1 is 1.29 bits per heavy atom. The maximum absolute atomic E-state index is 12.7. The molecule has 2 aliphatic heterocycles. The van der Waals surface area contributed by atoms with Crippen molar-refractivity contribution in [1.82, 2.24) is 9.88 Å². The van der Waals surface area contributed by atoms with Crippen molar-refractivity contribution < 1.29 is 13.2 Å². The van der Waals surface area contributed by atoms with Crippen molar-refractivity contribution in [3.05, 3.63) is 23.9 Å². The van der Waals surface area contributed by atoms with E-state index in [1.54, 1.807) is 24.2 Å². The minimum absolute atomic E-state index is 0.0667. The van der Waals surface area contributed by atoms with Gasteiger partial charge in [-0.05, 0) is 37.3 Å². The van der Waals surface area contributed by atoms with Crippen LogP contribution in [0.4, 0.5) is 5.82 Å². The molecule has 0 spiro atoms. The van der Waals surface area contributed by atoms with Gasteiger partial charge < -0.3 is 9.80 Å². The molecule has 1 amide bonds. The predicted molar refractivity (Wildman–Crippen MR) is 94.0 cm³/mol. The molecule has 0 aliphatic carbocycles. The molecule has 1 aromatic rings. The molecule has 24 heavy (non-hydrogen) atoms. The number of hydrogen-bond donors (Lipinski definition) is 0. The molecule has 1 atom stereocenters. The van der Waals surface area contributed by atoms with E-state index in [0.29, 0.717) is 12.0 Å². The summed E-state index contributed by atoms with van der Waals surface area (Å²) in [7, 11) is -1.31. The van der Waals surface area contributed by atoms with E-state index in [0.717, 1.165) is 37.7 Å². The first kappa shape index (κ1) is 17.2. The smallest absolute Gasteiger partial charge is 0.254 e. The van der Waals surface area contributed by atoms with E-state index in [9.17, 15) is 13.2 Å². The number of sulfone groups is 1. The third kappa shape index (κ3) is 3.71. The van der Waals surface area contributed by atoms with Crippen LogP contribution in [0.5, 0.6) is 0 Å². The van der Waals surface area contributed by atoms with Crippen molar-refractivity contribution in [3.8, 4) is 0 Å². The highest BCUT2D eigenvalue weighted by molar-refractivity contribution is 7.91. The molecule has 0 N–H and O–H groups in total. The normalized spacial score (nSPS) is 24.1. The Balaban J connectivity index is 1.72. The first-order valence-corrected chi connectivity index (χ1v) is 10.4. The molecule has 3 rings (SSSR count). The van der Waals surface area contributed by atoms with Crippen LogP contribution in [0.15, 0.2) is 18.3 Å². The van der Waals surface area contributed by atoms with Gasteiger partial charge >= 0.3 is 0 Å². The minimum Gasteiger partial charge on any atom is -0.357 e.